The van der Waals surface area contributed by atoms with Gasteiger partial charge in [0.15, 0.2) is 6.10 Å². The van der Waals surface area contributed by atoms with Gasteiger partial charge in [-0.1, -0.05) is 73.7 Å². The highest BCUT2D eigenvalue weighted by Gasteiger charge is 2.30. The van der Waals surface area contributed by atoms with Crippen molar-refractivity contribution in [2.75, 3.05) is 0 Å². The molecule has 5 aromatic rings. The van der Waals surface area contributed by atoms with Gasteiger partial charge in [0.1, 0.15) is 0 Å². The van der Waals surface area contributed by atoms with Gasteiger partial charge in [-0.2, -0.15) is 0 Å². The second kappa shape index (κ2) is 8.94. The van der Waals surface area contributed by atoms with Crippen molar-refractivity contribution in [1.82, 2.24) is 9.97 Å². The van der Waals surface area contributed by atoms with E-state index in [2.05, 4.69) is 4.98 Å². The number of aromatic amines is 1. The van der Waals surface area contributed by atoms with Crippen molar-refractivity contribution in [3.05, 3.63) is 113 Å². The minimum Gasteiger partial charge on any atom is -0.445 e. The number of rotatable bonds is 6. The van der Waals surface area contributed by atoms with E-state index < -0.39 is 12.1 Å². The van der Waals surface area contributed by atoms with Crippen molar-refractivity contribution in [2.24, 2.45) is 0 Å². The predicted octanol–water partition coefficient (Wildman–Crippen LogP) is 6.37. The highest BCUT2D eigenvalue weighted by atomic mass is 16.5. The maximum Gasteiger partial charge on any atom is 0.340 e. The SMILES string of the molecule is CCc1nc2ccccc2c(C(=O)OC(C(=O)c2c[nH]c3ccccc23)c2ccccc2)c1C. The third kappa shape index (κ3) is 3.75. The Balaban J connectivity index is 1.60. The first kappa shape index (κ1) is 21.6. The van der Waals surface area contributed by atoms with Crippen LogP contribution in [0.5, 0.6) is 0 Å². The molecular formula is C29H24N2O3. The molecular weight excluding hydrogens is 424 g/mol. The number of nitrogens with zero attached hydrogens (tertiary/aromatic N) is 1. The number of pyridine rings is 1. The van der Waals surface area contributed by atoms with E-state index in [1.54, 1.807) is 18.3 Å². The van der Waals surface area contributed by atoms with Crippen LogP contribution in [0.2, 0.25) is 0 Å². The monoisotopic (exact) mass is 448 g/mol. The predicted molar refractivity (Wildman–Crippen MR) is 133 cm³/mol. The summed E-state index contributed by atoms with van der Waals surface area (Å²) < 4.78 is 6.02. The van der Waals surface area contributed by atoms with Crippen molar-refractivity contribution in [3.63, 3.8) is 0 Å². The number of aromatic nitrogens is 2. The molecule has 1 unspecified atom stereocenters. The van der Waals surface area contributed by atoms with Gasteiger partial charge in [0.2, 0.25) is 5.78 Å². The van der Waals surface area contributed by atoms with E-state index in [0.717, 1.165) is 27.7 Å². The lowest BCUT2D eigenvalue weighted by Crippen LogP contribution is -2.21. The fraction of sp³-hybridized carbons (Fsp3) is 0.138. The van der Waals surface area contributed by atoms with Gasteiger partial charge < -0.3 is 9.72 Å². The number of ketones is 1. The molecule has 0 radical (unpaired) electrons. The van der Waals surface area contributed by atoms with Gasteiger partial charge in [-0.05, 0) is 31.0 Å². The number of carbonyl (C=O) groups excluding carboxylic acids is 2. The molecule has 0 saturated heterocycles. The van der Waals surface area contributed by atoms with Crippen molar-refractivity contribution >= 4 is 33.6 Å². The zero-order valence-corrected chi connectivity index (χ0v) is 19.0. The molecule has 168 valence electrons. The van der Waals surface area contributed by atoms with Crippen LogP contribution in [0.1, 0.15) is 50.6 Å². The minimum absolute atomic E-state index is 0.274. The van der Waals surface area contributed by atoms with Crippen molar-refractivity contribution in [2.45, 2.75) is 26.4 Å². The molecule has 0 aliphatic heterocycles. The second-order valence-corrected chi connectivity index (χ2v) is 8.24. The van der Waals surface area contributed by atoms with E-state index in [0.29, 0.717) is 28.5 Å². The zero-order valence-electron chi connectivity index (χ0n) is 19.0. The number of ether oxygens (including phenoxy) is 1. The number of hydrogen-bond donors (Lipinski definition) is 1. The highest BCUT2D eigenvalue weighted by Crippen LogP contribution is 2.30. The first-order valence-corrected chi connectivity index (χ1v) is 11.3. The van der Waals surface area contributed by atoms with Crippen LogP contribution in [-0.4, -0.2) is 21.7 Å². The number of carbonyl (C=O) groups is 2. The summed E-state index contributed by atoms with van der Waals surface area (Å²) in [5.41, 5.74) is 4.77. The standard InChI is InChI=1S/C29H24N2O3/c1-3-23-18(2)26(21-14-8-10-16-25(21)31-23)29(33)34-28(19-11-5-4-6-12-19)27(32)22-17-30-24-15-9-7-13-20(22)24/h4-17,28,30H,3H2,1-2H3. The molecule has 5 rings (SSSR count). The van der Waals surface area contributed by atoms with E-state index in [9.17, 15) is 9.59 Å². The molecule has 0 saturated carbocycles. The van der Waals surface area contributed by atoms with Crippen molar-refractivity contribution < 1.29 is 14.3 Å². The summed E-state index contributed by atoms with van der Waals surface area (Å²) in [5.74, 6) is -0.809. The average molecular weight is 449 g/mol. The van der Waals surface area contributed by atoms with E-state index in [1.807, 2.05) is 80.6 Å². The summed E-state index contributed by atoms with van der Waals surface area (Å²) in [6.07, 6.45) is 1.29. The van der Waals surface area contributed by atoms with Crippen LogP contribution in [0, 0.1) is 6.92 Å². The van der Waals surface area contributed by atoms with E-state index in [4.69, 9.17) is 9.72 Å². The Kier molecular flexibility index (Phi) is 5.68. The highest BCUT2D eigenvalue weighted by molar-refractivity contribution is 6.12. The first-order valence-electron chi connectivity index (χ1n) is 11.3. The molecule has 0 aliphatic carbocycles. The number of esters is 1. The van der Waals surface area contributed by atoms with Gasteiger partial charge in [0, 0.05) is 39.3 Å². The zero-order chi connectivity index (χ0) is 23.7. The van der Waals surface area contributed by atoms with Crippen LogP contribution in [0.15, 0.2) is 85.1 Å². The number of hydrogen-bond acceptors (Lipinski definition) is 4. The minimum atomic E-state index is -1.08. The Labute approximate surface area is 197 Å². The first-order chi connectivity index (χ1) is 16.6. The summed E-state index contributed by atoms with van der Waals surface area (Å²) in [4.78, 5) is 35.3. The quantitative estimate of drug-likeness (QED) is 0.242. The second-order valence-electron chi connectivity index (χ2n) is 8.24. The molecule has 0 bridgehead atoms. The Morgan fingerprint density at radius 1 is 0.912 bits per heavy atom. The third-order valence-electron chi connectivity index (χ3n) is 6.20. The summed E-state index contributed by atoms with van der Waals surface area (Å²) in [5, 5.41) is 1.51. The molecule has 2 aromatic heterocycles. The lowest BCUT2D eigenvalue weighted by atomic mass is 9.98. The maximum absolute atomic E-state index is 13.7. The Morgan fingerprint density at radius 2 is 1.59 bits per heavy atom. The van der Waals surface area contributed by atoms with Gasteiger partial charge in [0.25, 0.3) is 0 Å². The topological polar surface area (TPSA) is 72.0 Å². The van der Waals surface area contributed by atoms with Crippen LogP contribution in [0.25, 0.3) is 21.8 Å². The summed E-state index contributed by atoms with van der Waals surface area (Å²) in [7, 11) is 0. The van der Waals surface area contributed by atoms with E-state index in [1.165, 1.54) is 0 Å². The largest absolute Gasteiger partial charge is 0.445 e. The Morgan fingerprint density at radius 3 is 2.35 bits per heavy atom. The number of fused-ring (bicyclic) bond motifs is 2. The molecule has 0 fully saturated rings. The molecule has 2 heterocycles. The molecule has 0 aliphatic rings. The normalized spacial score (nSPS) is 12.1. The summed E-state index contributed by atoms with van der Waals surface area (Å²) in [6, 6.07) is 24.3. The number of Topliss-reactive ketones (excluding diaryl/α,β-unsaturated/α-hetero) is 1. The van der Waals surface area contributed by atoms with Gasteiger partial charge >= 0.3 is 5.97 Å². The van der Waals surface area contributed by atoms with Gasteiger partial charge in [0.05, 0.1) is 11.1 Å². The smallest absolute Gasteiger partial charge is 0.340 e. The van der Waals surface area contributed by atoms with Crippen LogP contribution in [0.4, 0.5) is 0 Å². The van der Waals surface area contributed by atoms with E-state index >= 15 is 0 Å². The van der Waals surface area contributed by atoms with Crippen LogP contribution in [0.3, 0.4) is 0 Å². The van der Waals surface area contributed by atoms with Crippen LogP contribution in [-0.2, 0) is 11.2 Å². The number of para-hydroxylation sites is 2. The van der Waals surface area contributed by atoms with Gasteiger partial charge in [-0.15, -0.1) is 0 Å². The maximum atomic E-state index is 13.7. The van der Waals surface area contributed by atoms with Crippen LogP contribution < -0.4 is 0 Å². The number of benzene rings is 3. The molecule has 1 atom stereocenters. The van der Waals surface area contributed by atoms with Gasteiger partial charge in [-0.3, -0.25) is 9.78 Å². The molecule has 5 heteroatoms. The fourth-order valence-corrected chi connectivity index (χ4v) is 4.45. The lowest BCUT2D eigenvalue weighted by Gasteiger charge is -2.19. The number of aryl methyl sites for hydroxylation is 1. The molecule has 0 amide bonds. The third-order valence-corrected chi connectivity index (χ3v) is 6.20. The molecule has 3 aromatic carbocycles. The van der Waals surface area contributed by atoms with E-state index in [-0.39, 0.29) is 5.78 Å². The van der Waals surface area contributed by atoms with Gasteiger partial charge in [-0.25, -0.2) is 4.79 Å². The molecule has 5 nitrogen and oxygen atoms in total. The number of H-pyrrole nitrogens is 1. The average Bonchev–Trinajstić information content (AvgIpc) is 3.31. The Hall–Kier alpha value is -4.25. The van der Waals surface area contributed by atoms with Crippen molar-refractivity contribution in [3.8, 4) is 0 Å². The molecule has 0 spiro atoms. The molecule has 34 heavy (non-hydrogen) atoms. The van der Waals surface area contributed by atoms with Crippen molar-refractivity contribution in [1.29, 1.82) is 0 Å². The van der Waals surface area contributed by atoms with Crippen LogP contribution >= 0.6 is 0 Å². The fourth-order valence-electron chi connectivity index (χ4n) is 4.45. The Bertz CT molecular complexity index is 1520. The summed E-state index contributed by atoms with van der Waals surface area (Å²) in [6.45, 7) is 3.89. The molecule has 1 N–H and O–H groups in total. The lowest BCUT2D eigenvalue weighted by molar-refractivity contribution is 0.0281. The number of nitrogens with one attached hydrogen (secondary N) is 1. The summed E-state index contributed by atoms with van der Waals surface area (Å²) >= 11 is 0.